The van der Waals surface area contributed by atoms with Crippen LogP contribution >= 0.6 is 0 Å². The molecule has 0 aromatic carbocycles. The van der Waals surface area contributed by atoms with Crippen LogP contribution in [0.25, 0.3) is 0 Å². The van der Waals surface area contributed by atoms with E-state index in [1.807, 2.05) is 7.05 Å². The summed E-state index contributed by atoms with van der Waals surface area (Å²) in [5.74, 6) is 0. The molecular weight excluding hydrogens is 186 g/mol. The van der Waals surface area contributed by atoms with E-state index in [4.69, 9.17) is 5.11 Å². The van der Waals surface area contributed by atoms with Gasteiger partial charge >= 0.3 is 0 Å². The molecule has 0 radical (unpaired) electrons. The van der Waals surface area contributed by atoms with Crippen LogP contribution in [0.2, 0.25) is 0 Å². The van der Waals surface area contributed by atoms with Gasteiger partial charge in [-0.2, -0.15) is 0 Å². The highest BCUT2D eigenvalue weighted by atomic mass is 16.2. The van der Waals surface area contributed by atoms with Crippen molar-refractivity contribution in [2.45, 2.75) is 64.2 Å². The Labute approximate surface area is 95.5 Å². The van der Waals surface area contributed by atoms with Gasteiger partial charge in [-0.3, -0.25) is 0 Å². The van der Waals surface area contributed by atoms with E-state index in [-0.39, 0.29) is 0 Å². The SMILES string of the molecule is CNCCCCCCCCCCCCO. The van der Waals surface area contributed by atoms with Gasteiger partial charge in [-0.05, 0) is 26.4 Å². The number of unbranched alkanes of at least 4 members (excludes halogenated alkanes) is 9. The monoisotopic (exact) mass is 215 g/mol. The third-order valence-electron chi connectivity index (χ3n) is 2.83. The van der Waals surface area contributed by atoms with Gasteiger partial charge in [0.2, 0.25) is 0 Å². The molecule has 0 fully saturated rings. The summed E-state index contributed by atoms with van der Waals surface area (Å²) in [7, 11) is 2.02. The molecule has 0 spiro atoms. The molecule has 0 atom stereocenters. The molecule has 0 aromatic rings. The minimum absolute atomic E-state index is 0.367. The third kappa shape index (κ3) is 13.9. The number of hydrogen-bond donors (Lipinski definition) is 2. The summed E-state index contributed by atoms with van der Waals surface area (Å²) in [5.41, 5.74) is 0. The van der Waals surface area contributed by atoms with Gasteiger partial charge in [0, 0.05) is 6.61 Å². The van der Waals surface area contributed by atoms with E-state index in [0.29, 0.717) is 6.61 Å². The predicted octanol–water partition coefficient (Wildman–Crippen LogP) is 3.10. The Bertz CT molecular complexity index is 94.7. The fourth-order valence-corrected chi connectivity index (χ4v) is 1.83. The zero-order valence-electron chi connectivity index (χ0n) is 10.4. The molecule has 0 heterocycles. The van der Waals surface area contributed by atoms with Crippen LogP contribution in [0.3, 0.4) is 0 Å². The lowest BCUT2D eigenvalue weighted by Crippen LogP contribution is -2.06. The Hall–Kier alpha value is -0.0800. The first kappa shape index (κ1) is 14.9. The molecular formula is C13H29NO. The number of rotatable bonds is 12. The molecule has 2 N–H and O–H groups in total. The maximum Gasteiger partial charge on any atom is 0.0431 e. The van der Waals surface area contributed by atoms with Crippen LogP contribution in [-0.2, 0) is 0 Å². The van der Waals surface area contributed by atoms with Crippen LogP contribution < -0.4 is 5.32 Å². The summed E-state index contributed by atoms with van der Waals surface area (Å²) < 4.78 is 0. The lowest BCUT2D eigenvalue weighted by molar-refractivity contribution is 0.282. The highest BCUT2D eigenvalue weighted by molar-refractivity contribution is 4.48. The Morgan fingerprint density at radius 3 is 1.47 bits per heavy atom. The van der Waals surface area contributed by atoms with Gasteiger partial charge in [-0.1, -0.05) is 51.4 Å². The van der Waals surface area contributed by atoms with E-state index in [2.05, 4.69) is 5.32 Å². The van der Waals surface area contributed by atoms with Crippen molar-refractivity contribution >= 4 is 0 Å². The van der Waals surface area contributed by atoms with E-state index in [1.54, 1.807) is 0 Å². The highest BCUT2D eigenvalue weighted by Gasteiger charge is 1.92. The molecule has 0 aliphatic heterocycles. The summed E-state index contributed by atoms with van der Waals surface area (Å²) >= 11 is 0. The topological polar surface area (TPSA) is 32.3 Å². The van der Waals surface area contributed by atoms with E-state index in [1.165, 1.54) is 64.3 Å². The van der Waals surface area contributed by atoms with Crippen LogP contribution in [0.1, 0.15) is 64.2 Å². The van der Waals surface area contributed by atoms with Crippen molar-refractivity contribution in [3.63, 3.8) is 0 Å². The maximum atomic E-state index is 8.60. The van der Waals surface area contributed by atoms with Gasteiger partial charge in [-0.25, -0.2) is 0 Å². The molecule has 0 unspecified atom stereocenters. The molecule has 15 heavy (non-hydrogen) atoms. The summed E-state index contributed by atoms with van der Waals surface area (Å²) in [6.07, 6.45) is 13.2. The largest absolute Gasteiger partial charge is 0.396 e. The molecule has 2 heteroatoms. The van der Waals surface area contributed by atoms with E-state index < -0.39 is 0 Å². The normalized spacial score (nSPS) is 10.8. The zero-order valence-corrected chi connectivity index (χ0v) is 10.4. The molecule has 0 bridgehead atoms. The minimum Gasteiger partial charge on any atom is -0.396 e. The second kappa shape index (κ2) is 13.9. The summed E-state index contributed by atoms with van der Waals surface area (Å²) in [4.78, 5) is 0. The Morgan fingerprint density at radius 2 is 1.07 bits per heavy atom. The van der Waals surface area contributed by atoms with Crippen LogP contribution in [0, 0.1) is 0 Å². The molecule has 0 aliphatic rings. The summed E-state index contributed by atoms with van der Waals surface area (Å²) in [6, 6.07) is 0. The second-order valence-electron chi connectivity index (χ2n) is 4.36. The first-order chi connectivity index (χ1) is 7.41. The summed E-state index contributed by atoms with van der Waals surface area (Å²) in [6.45, 7) is 1.53. The fourth-order valence-electron chi connectivity index (χ4n) is 1.83. The number of hydrogen-bond acceptors (Lipinski definition) is 2. The Kier molecular flexibility index (Phi) is 13.8. The van der Waals surface area contributed by atoms with Crippen molar-refractivity contribution < 1.29 is 5.11 Å². The van der Waals surface area contributed by atoms with E-state index in [0.717, 1.165) is 6.42 Å². The lowest BCUT2D eigenvalue weighted by atomic mass is 10.1. The van der Waals surface area contributed by atoms with Crippen molar-refractivity contribution in [1.82, 2.24) is 5.32 Å². The van der Waals surface area contributed by atoms with Crippen molar-refractivity contribution in [1.29, 1.82) is 0 Å². The molecule has 0 aromatic heterocycles. The number of aliphatic hydroxyl groups excluding tert-OH is 1. The number of nitrogens with one attached hydrogen (secondary N) is 1. The van der Waals surface area contributed by atoms with Crippen LogP contribution in [0.4, 0.5) is 0 Å². The molecule has 0 aliphatic carbocycles. The Morgan fingerprint density at radius 1 is 0.667 bits per heavy atom. The van der Waals surface area contributed by atoms with Crippen LogP contribution in [-0.4, -0.2) is 25.3 Å². The zero-order chi connectivity index (χ0) is 11.2. The maximum absolute atomic E-state index is 8.60. The van der Waals surface area contributed by atoms with E-state index >= 15 is 0 Å². The third-order valence-corrected chi connectivity index (χ3v) is 2.83. The standard InChI is InChI=1S/C13H29NO/c1-14-12-10-8-6-4-2-3-5-7-9-11-13-15/h14-15H,2-13H2,1H3. The molecule has 0 amide bonds. The van der Waals surface area contributed by atoms with Gasteiger partial charge < -0.3 is 10.4 Å². The minimum atomic E-state index is 0.367. The van der Waals surface area contributed by atoms with Crippen molar-refractivity contribution in [2.75, 3.05) is 20.2 Å². The Balaban J connectivity index is 2.81. The smallest absolute Gasteiger partial charge is 0.0431 e. The van der Waals surface area contributed by atoms with Gasteiger partial charge in [-0.15, -0.1) is 0 Å². The second-order valence-corrected chi connectivity index (χ2v) is 4.36. The fraction of sp³-hybridized carbons (Fsp3) is 1.00. The van der Waals surface area contributed by atoms with Crippen molar-refractivity contribution in [2.24, 2.45) is 0 Å². The van der Waals surface area contributed by atoms with Gasteiger partial charge in [0.15, 0.2) is 0 Å². The number of aliphatic hydroxyl groups is 1. The lowest BCUT2D eigenvalue weighted by Gasteiger charge is -2.02. The summed E-state index contributed by atoms with van der Waals surface area (Å²) in [5, 5.41) is 11.8. The van der Waals surface area contributed by atoms with Crippen molar-refractivity contribution in [3.05, 3.63) is 0 Å². The van der Waals surface area contributed by atoms with Gasteiger partial charge in [0.05, 0.1) is 0 Å². The molecule has 0 saturated carbocycles. The van der Waals surface area contributed by atoms with E-state index in [9.17, 15) is 0 Å². The first-order valence-electron chi connectivity index (χ1n) is 6.67. The molecule has 0 rings (SSSR count). The molecule has 0 saturated heterocycles. The van der Waals surface area contributed by atoms with Crippen molar-refractivity contribution in [3.8, 4) is 0 Å². The van der Waals surface area contributed by atoms with Gasteiger partial charge in [0.25, 0.3) is 0 Å². The predicted molar refractivity (Wildman–Crippen MR) is 67.2 cm³/mol. The van der Waals surface area contributed by atoms with Gasteiger partial charge in [0.1, 0.15) is 0 Å². The highest BCUT2D eigenvalue weighted by Crippen LogP contribution is 2.10. The first-order valence-corrected chi connectivity index (χ1v) is 6.67. The van der Waals surface area contributed by atoms with Crippen LogP contribution in [0.5, 0.6) is 0 Å². The average Bonchev–Trinajstić information content (AvgIpc) is 2.26. The average molecular weight is 215 g/mol. The quantitative estimate of drug-likeness (QED) is 0.490. The molecule has 92 valence electrons. The van der Waals surface area contributed by atoms with Crippen LogP contribution in [0.15, 0.2) is 0 Å². The molecule has 2 nitrogen and oxygen atoms in total.